The summed E-state index contributed by atoms with van der Waals surface area (Å²) in [6.45, 7) is 3.10. The molecule has 3 N–H and O–H groups in total. The van der Waals surface area contributed by atoms with Crippen molar-refractivity contribution in [2.45, 2.75) is 38.6 Å². The Morgan fingerprint density at radius 3 is 2.62 bits per heavy atom. The molecule has 34 heavy (non-hydrogen) atoms. The zero-order valence-electron chi connectivity index (χ0n) is 18.6. The number of aliphatic hydroxyl groups is 1. The van der Waals surface area contributed by atoms with Crippen LogP contribution in [0.5, 0.6) is 0 Å². The standard InChI is InChI=1S/C22H25Cl2N5O5/c1-13(2)34-22(32)20(30)12-28(26-21(31)19-11-29(33)27-25-19)10-14-3-5-15(6-4-14)17-9-16(23)7-8-18(17)24/h3-9,13,19-20,25,30H,10-12H2,1-2H3,(H,26,31)/t19?,20-/m1/s1. The molecule has 0 fully saturated rings. The van der Waals surface area contributed by atoms with Crippen molar-refractivity contribution in [3.63, 3.8) is 0 Å². The molecule has 0 saturated carbocycles. The number of hydroxylamine groups is 1. The van der Waals surface area contributed by atoms with Gasteiger partial charge in [0.1, 0.15) is 0 Å². The largest absolute Gasteiger partial charge is 0.696 e. The number of ether oxygens (including phenoxy) is 1. The molecule has 1 heterocycles. The highest BCUT2D eigenvalue weighted by molar-refractivity contribution is 6.35. The van der Waals surface area contributed by atoms with Crippen LogP contribution in [0.4, 0.5) is 0 Å². The summed E-state index contributed by atoms with van der Waals surface area (Å²) in [6.07, 6.45) is -1.90. The summed E-state index contributed by atoms with van der Waals surface area (Å²) in [4.78, 5) is 25.0. The van der Waals surface area contributed by atoms with Crippen molar-refractivity contribution in [2.24, 2.45) is 5.22 Å². The van der Waals surface area contributed by atoms with Crippen LogP contribution in [0.25, 0.3) is 11.1 Å². The van der Waals surface area contributed by atoms with E-state index < -0.39 is 30.1 Å². The van der Waals surface area contributed by atoms with Crippen LogP contribution in [0.1, 0.15) is 19.4 Å². The normalized spacial score (nSPS) is 16.2. The topological polar surface area (TPSA) is 129 Å². The monoisotopic (exact) mass is 509 g/mol. The number of halogens is 2. The third-order valence-corrected chi connectivity index (χ3v) is 5.40. The highest BCUT2D eigenvalue weighted by Gasteiger charge is 2.31. The number of carbonyl (C=O) groups is 2. The fourth-order valence-corrected chi connectivity index (χ4v) is 3.62. The highest BCUT2D eigenvalue weighted by atomic mass is 35.5. The fraction of sp³-hybridized carbons (Fsp3) is 0.364. The minimum absolute atomic E-state index is 0.159. The maximum atomic E-state index is 12.6. The number of esters is 1. The predicted molar refractivity (Wildman–Crippen MR) is 126 cm³/mol. The number of amides is 1. The van der Waals surface area contributed by atoms with Crippen molar-refractivity contribution in [1.82, 2.24) is 15.9 Å². The molecule has 0 saturated heterocycles. The van der Waals surface area contributed by atoms with Gasteiger partial charge in [-0.25, -0.2) is 9.80 Å². The highest BCUT2D eigenvalue weighted by Crippen LogP contribution is 2.30. The average molecular weight is 510 g/mol. The summed E-state index contributed by atoms with van der Waals surface area (Å²) < 4.78 is 5.04. The molecule has 1 aliphatic rings. The van der Waals surface area contributed by atoms with E-state index in [4.69, 9.17) is 27.9 Å². The number of hydrogen-bond donors (Lipinski definition) is 3. The number of carbonyl (C=O) groups excluding carboxylic acids is 2. The minimum Gasteiger partial charge on any atom is -0.696 e. The maximum absolute atomic E-state index is 12.6. The van der Waals surface area contributed by atoms with Crippen LogP contribution < -0.4 is 10.9 Å². The smallest absolute Gasteiger partial charge is 0.336 e. The number of nitrogens with one attached hydrogen (secondary N) is 2. The SMILES string of the molecule is CC(C)OC(=O)[C@H](O)CN(Cc1ccc(-c2cc(Cl)ccc2Cl)cc1)NC(=O)C1C[N+]([O-])=NN1. The van der Waals surface area contributed by atoms with Gasteiger partial charge in [-0.1, -0.05) is 47.5 Å². The lowest BCUT2D eigenvalue weighted by Gasteiger charge is -2.26. The van der Waals surface area contributed by atoms with Gasteiger partial charge in [-0.2, -0.15) is 10.3 Å². The van der Waals surface area contributed by atoms with E-state index in [-0.39, 0.29) is 19.6 Å². The molecular weight excluding hydrogens is 485 g/mol. The lowest BCUT2D eigenvalue weighted by Crippen LogP contribution is -2.53. The third kappa shape index (κ3) is 7.04. The van der Waals surface area contributed by atoms with E-state index in [9.17, 15) is 19.9 Å². The van der Waals surface area contributed by atoms with Gasteiger partial charge in [0.05, 0.1) is 17.9 Å². The van der Waals surface area contributed by atoms with E-state index in [0.29, 0.717) is 14.9 Å². The van der Waals surface area contributed by atoms with Gasteiger partial charge in [-0.15, -0.1) is 0 Å². The van der Waals surface area contributed by atoms with Crippen molar-refractivity contribution in [1.29, 1.82) is 0 Å². The molecular formula is C22H25Cl2N5O5. The van der Waals surface area contributed by atoms with Crippen LogP contribution in [0.2, 0.25) is 10.0 Å². The van der Waals surface area contributed by atoms with E-state index in [1.165, 1.54) is 5.01 Å². The Morgan fingerprint density at radius 1 is 1.29 bits per heavy atom. The summed E-state index contributed by atoms with van der Waals surface area (Å²) >= 11 is 12.4. The van der Waals surface area contributed by atoms with Gasteiger partial charge in [0.25, 0.3) is 5.91 Å². The molecule has 0 bridgehead atoms. The predicted octanol–water partition coefficient (Wildman–Crippen LogP) is 2.66. The summed E-state index contributed by atoms with van der Waals surface area (Å²) in [5, 5.41) is 27.5. The third-order valence-electron chi connectivity index (χ3n) is 4.83. The molecule has 1 amide bonds. The number of aliphatic hydroxyl groups excluding tert-OH is 1. The molecule has 2 aromatic carbocycles. The zero-order valence-corrected chi connectivity index (χ0v) is 20.1. The van der Waals surface area contributed by atoms with Crippen molar-refractivity contribution in [2.75, 3.05) is 13.1 Å². The number of benzene rings is 2. The molecule has 2 aromatic rings. The molecule has 1 unspecified atom stereocenters. The van der Waals surface area contributed by atoms with E-state index in [0.717, 1.165) is 16.7 Å². The van der Waals surface area contributed by atoms with Gasteiger partial charge in [-0.05, 0) is 43.2 Å². The molecule has 1 aliphatic heterocycles. The Bertz CT molecular complexity index is 1060. The van der Waals surface area contributed by atoms with Gasteiger partial charge < -0.3 is 15.1 Å². The summed E-state index contributed by atoms with van der Waals surface area (Å²) in [5.74, 6) is -1.34. The van der Waals surface area contributed by atoms with Crippen LogP contribution in [0.3, 0.4) is 0 Å². The fourth-order valence-electron chi connectivity index (χ4n) is 3.22. The van der Waals surface area contributed by atoms with Crippen molar-refractivity contribution >= 4 is 35.1 Å². The summed E-state index contributed by atoms with van der Waals surface area (Å²) in [6, 6.07) is 11.7. The number of rotatable bonds is 9. The van der Waals surface area contributed by atoms with Gasteiger partial charge in [0, 0.05) is 22.2 Å². The molecule has 0 aromatic heterocycles. The molecule has 10 nitrogen and oxygen atoms in total. The molecule has 12 heteroatoms. The summed E-state index contributed by atoms with van der Waals surface area (Å²) in [7, 11) is 0. The first-order valence-corrected chi connectivity index (χ1v) is 11.3. The van der Waals surface area contributed by atoms with Gasteiger partial charge in [0.15, 0.2) is 12.6 Å². The van der Waals surface area contributed by atoms with Crippen LogP contribution >= 0.6 is 23.2 Å². The van der Waals surface area contributed by atoms with Crippen LogP contribution in [-0.4, -0.2) is 58.2 Å². The molecule has 0 radical (unpaired) electrons. The Morgan fingerprint density at radius 2 is 2.00 bits per heavy atom. The lowest BCUT2D eigenvalue weighted by atomic mass is 10.0. The first kappa shape index (κ1) is 25.7. The molecule has 3 rings (SSSR count). The van der Waals surface area contributed by atoms with Crippen molar-refractivity contribution in [3.8, 4) is 11.1 Å². The second-order valence-electron chi connectivity index (χ2n) is 8.00. The first-order chi connectivity index (χ1) is 16.1. The molecule has 182 valence electrons. The first-order valence-electron chi connectivity index (χ1n) is 10.5. The van der Waals surface area contributed by atoms with Crippen molar-refractivity contribution in [3.05, 3.63) is 63.3 Å². The second kappa shape index (κ2) is 11.5. The number of nitrogens with zero attached hydrogens (tertiary/aromatic N) is 3. The zero-order chi connectivity index (χ0) is 24.8. The minimum atomic E-state index is -1.50. The molecule has 2 atom stereocenters. The van der Waals surface area contributed by atoms with E-state index >= 15 is 0 Å². The Hall–Kier alpha value is -2.92. The average Bonchev–Trinajstić information content (AvgIpc) is 3.22. The molecule has 0 spiro atoms. The van der Waals surface area contributed by atoms with Gasteiger partial charge in [-0.3, -0.25) is 10.2 Å². The Labute approximate surface area is 206 Å². The number of hydrogen-bond acceptors (Lipinski definition) is 8. The number of hydrazine groups is 1. The van der Waals surface area contributed by atoms with E-state index in [2.05, 4.69) is 16.1 Å². The molecule has 0 aliphatic carbocycles. The Balaban J connectivity index is 1.73. The van der Waals surface area contributed by atoms with Crippen LogP contribution in [0, 0.1) is 5.21 Å². The van der Waals surface area contributed by atoms with Crippen LogP contribution in [0.15, 0.2) is 47.7 Å². The van der Waals surface area contributed by atoms with E-state index in [1.54, 1.807) is 32.0 Å². The lowest BCUT2D eigenvalue weighted by molar-refractivity contribution is -0.515. The second-order valence-corrected chi connectivity index (χ2v) is 8.84. The van der Waals surface area contributed by atoms with Crippen LogP contribution in [-0.2, 0) is 20.9 Å². The summed E-state index contributed by atoms with van der Waals surface area (Å²) in [5.41, 5.74) is 7.47. The van der Waals surface area contributed by atoms with Gasteiger partial charge in [0.2, 0.25) is 6.04 Å². The van der Waals surface area contributed by atoms with E-state index in [1.807, 2.05) is 24.3 Å². The Kier molecular flexibility index (Phi) is 8.67. The quantitative estimate of drug-likeness (QED) is 0.205. The van der Waals surface area contributed by atoms with Crippen molar-refractivity contribution < 1.29 is 24.3 Å². The van der Waals surface area contributed by atoms with Gasteiger partial charge >= 0.3 is 5.97 Å². The maximum Gasteiger partial charge on any atom is 0.336 e.